The summed E-state index contributed by atoms with van der Waals surface area (Å²) in [5, 5.41) is 7.29. The second-order valence-corrected chi connectivity index (χ2v) is 17.5. The third-order valence-electron chi connectivity index (χ3n) is 12.9. The van der Waals surface area contributed by atoms with Crippen molar-refractivity contribution in [3.05, 3.63) is 181 Å². The lowest BCUT2D eigenvalue weighted by molar-refractivity contribution is 0.332. The van der Waals surface area contributed by atoms with Gasteiger partial charge in [0.25, 0.3) is 0 Å². The van der Waals surface area contributed by atoms with Gasteiger partial charge in [-0.15, -0.1) is 0 Å². The predicted molar refractivity (Wildman–Crippen MR) is 246 cm³/mol. The maximum atomic E-state index is 5.23. The summed E-state index contributed by atoms with van der Waals surface area (Å²) in [5.74, 6) is 1.94. The highest BCUT2D eigenvalue weighted by Gasteiger charge is 2.38. The number of rotatable bonds is 5. The SMILES string of the molecule is CC1(C)CCC(C)(C)c2cc3c(cc21)c1ccccc1n3-c1ccc(-c2nc(-c3ccccc3)nc(-c3ccc(-c4ccc5ccccc5c4)cc3)n2)c2ccccc12. The first-order valence-electron chi connectivity index (χ1n) is 20.7. The molecule has 0 saturated heterocycles. The molecule has 1 aliphatic rings. The molecule has 284 valence electrons. The van der Waals surface area contributed by atoms with E-state index in [0.717, 1.165) is 38.7 Å². The lowest BCUT2D eigenvalue weighted by Gasteiger charge is -2.42. The van der Waals surface area contributed by atoms with Crippen molar-refractivity contribution in [2.75, 3.05) is 0 Å². The van der Waals surface area contributed by atoms with Gasteiger partial charge in [0.05, 0.1) is 16.7 Å². The second-order valence-electron chi connectivity index (χ2n) is 17.5. The zero-order valence-electron chi connectivity index (χ0n) is 33.9. The predicted octanol–water partition coefficient (Wildman–Crippen LogP) is 14.3. The minimum Gasteiger partial charge on any atom is -0.309 e. The molecule has 1 aliphatic carbocycles. The zero-order chi connectivity index (χ0) is 39.9. The minimum absolute atomic E-state index is 0.0931. The normalized spacial score (nSPS) is 14.6. The molecular formula is C55H44N4. The summed E-state index contributed by atoms with van der Waals surface area (Å²) >= 11 is 0. The molecular weight excluding hydrogens is 717 g/mol. The van der Waals surface area contributed by atoms with Crippen molar-refractivity contribution in [2.45, 2.75) is 51.4 Å². The summed E-state index contributed by atoms with van der Waals surface area (Å²) in [6.07, 6.45) is 2.36. The van der Waals surface area contributed by atoms with Crippen LogP contribution in [0.25, 0.3) is 94.3 Å². The van der Waals surface area contributed by atoms with Crippen molar-refractivity contribution >= 4 is 43.4 Å². The van der Waals surface area contributed by atoms with E-state index in [-0.39, 0.29) is 10.8 Å². The Balaban J connectivity index is 1.08. The maximum absolute atomic E-state index is 5.23. The first-order chi connectivity index (χ1) is 28.7. The number of para-hydroxylation sites is 1. The van der Waals surface area contributed by atoms with Crippen LogP contribution in [0.15, 0.2) is 170 Å². The topological polar surface area (TPSA) is 43.6 Å². The molecule has 0 bridgehead atoms. The van der Waals surface area contributed by atoms with E-state index in [1.807, 2.05) is 18.2 Å². The highest BCUT2D eigenvalue weighted by Crippen LogP contribution is 2.49. The fourth-order valence-corrected chi connectivity index (χ4v) is 9.48. The molecule has 4 nitrogen and oxygen atoms in total. The van der Waals surface area contributed by atoms with E-state index < -0.39 is 0 Å². The van der Waals surface area contributed by atoms with Crippen LogP contribution in [0.4, 0.5) is 0 Å². The van der Waals surface area contributed by atoms with E-state index in [2.05, 4.69) is 184 Å². The van der Waals surface area contributed by atoms with Crippen LogP contribution < -0.4 is 0 Å². The Morgan fingerprint density at radius 1 is 0.390 bits per heavy atom. The maximum Gasteiger partial charge on any atom is 0.164 e. The Hall–Kier alpha value is -6.91. The Kier molecular flexibility index (Phi) is 7.96. The largest absolute Gasteiger partial charge is 0.309 e. The van der Waals surface area contributed by atoms with Gasteiger partial charge in [-0.2, -0.15) is 0 Å². The van der Waals surface area contributed by atoms with Crippen LogP contribution in [0.5, 0.6) is 0 Å². The molecule has 0 atom stereocenters. The van der Waals surface area contributed by atoms with E-state index in [1.165, 1.54) is 62.1 Å². The zero-order valence-corrected chi connectivity index (χ0v) is 33.9. The summed E-state index contributed by atoms with van der Waals surface area (Å²) in [6, 6.07) is 61.0. The number of aromatic nitrogens is 4. The molecule has 4 heteroatoms. The van der Waals surface area contributed by atoms with Crippen molar-refractivity contribution in [3.63, 3.8) is 0 Å². The molecule has 59 heavy (non-hydrogen) atoms. The fraction of sp³-hybridized carbons (Fsp3) is 0.145. The first-order valence-corrected chi connectivity index (χ1v) is 20.7. The lowest BCUT2D eigenvalue weighted by Crippen LogP contribution is -2.33. The number of nitrogens with zero attached hydrogens (tertiary/aromatic N) is 4. The fourth-order valence-electron chi connectivity index (χ4n) is 9.48. The molecule has 0 unspecified atom stereocenters. The van der Waals surface area contributed by atoms with Crippen LogP contribution in [0.1, 0.15) is 51.7 Å². The van der Waals surface area contributed by atoms with Crippen molar-refractivity contribution < 1.29 is 0 Å². The standard InChI is InChI=1S/C55H44N4/c1-54(2)30-31-55(3,4)47-34-50-45(33-46(47)54)43-20-12-13-21-48(43)59(50)49-29-28-44(41-18-10-11-19-42(41)49)53-57-51(37-15-6-5-7-16-37)56-52(58-53)38-25-22-36(23-26-38)40-27-24-35-14-8-9-17-39(35)32-40/h5-29,32-34H,30-31H2,1-4H3. The van der Waals surface area contributed by atoms with E-state index >= 15 is 0 Å². The lowest BCUT2D eigenvalue weighted by atomic mass is 9.63. The van der Waals surface area contributed by atoms with E-state index in [1.54, 1.807) is 0 Å². The Morgan fingerprint density at radius 3 is 1.69 bits per heavy atom. The summed E-state index contributed by atoms with van der Waals surface area (Å²) in [5.41, 5.74) is 11.9. The minimum atomic E-state index is 0.0931. The van der Waals surface area contributed by atoms with Crippen LogP contribution in [0.2, 0.25) is 0 Å². The molecule has 0 fully saturated rings. The van der Waals surface area contributed by atoms with Crippen molar-refractivity contribution in [2.24, 2.45) is 0 Å². The molecule has 11 rings (SSSR count). The number of hydrogen-bond donors (Lipinski definition) is 0. The summed E-state index contributed by atoms with van der Waals surface area (Å²) in [7, 11) is 0. The third kappa shape index (κ3) is 5.85. The van der Waals surface area contributed by atoms with Gasteiger partial charge in [0.1, 0.15) is 0 Å². The van der Waals surface area contributed by atoms with Crippen LogP contribution >= 0.6 is 0 Å². The van der Waals surface area contributed by atoms with Gasteiger partial charge in [-0.25, -0.2) is 15.0 Å². The number of benzene rings is 8. The van der Waals surface area contributed by atoms with Gasteiger partial charge in [-0.1, -0.05) is 161 Å². The monoisotopic (exact) mass is 760 g/mol. The second kappa shape index (κ2) is 13.3. The van der Waals surface area contributed by atoms with Crippen LogP contribution in [-0.2, 0) is 10.8 Å². The van der Waals surface area contributed by atoms with E-state index in [9.17, 15) is 0 Å². The van der Waals surface area contributed by atoms with Crippen molar-refractivity contribution in [1.82, 2.24) is 19.5 Å². The van der Waals surface area contributed by atoms with Gasteiger partial charge in [0, 0.05) is 32.8 Å². The average molecular weight is 761 g/mol. The van der Waals surface area contributed by atoms with Crippen LogP contribution in [0, 0.1) is 0 Å². The molecule has 2 aromatic heterocycles. The van der Waals surface area contributed by atoms with Gasteiger partial charge in [0.15, 0.2) is 17.5 Å². The first kappa shape index (κ1) is 35.3. The van der Waals surface area contributed by atoms with Gasteiger partial charge in [0.2, 0.25) is 0 Å². The highest BCUT2D eigenvalue weighted by molar-refractivity contribution is 6.12. The highest BCUT2D eigenvalue weighted by atomic mass is 15.0. The quantitative estimate of drug-likeness (QED) is 0.175. The average Bonchev–Trinajstić information content (AvgIpc) is 3.60. The summed E-state index contributed by atoms with van der Waals surface area (Å²) < 4.78 is 2.49. The van der Waals surface area contributed by atoms with Gasteiger partial charge in [-0.05, 0) is 98.5 Å². The molecule has 0 aliphatic heterocycles. The third-order valence-corrected chi connectivity index (χ3v) is 12.9. The Labute approximate surface area is 344 Å². The molecule has 10 aromatic rings. The molecule has 0 amide bonds. The van der Waals surface area contributed by atoms with Crippen LogP contribution in [0.3, 0.4) is 0 Å². The van der Waals surface area contributed by atoms with E-state index in [4.69, 9.17) is 15.0 Å². The van der Waals surface area contributed by atoms with Gasteiger partial charge < -0.3 is 4.57 Å². The van der Waals surface area contributed by atoms with Crippen molar-refractivity contribution in [1.29, 1.82) is 0 Å². The smallest absolute Gasteiger partial charge is 0.164 e. The molecule has 0 saturated carbocycles. The molecule has 8 aromatic carbocycles. The molecule has 2 heterocycles. The van der Waals surface area contributed by atoms with E-state index in [0.29, 0.717) is 17.5 Å². The Morgan fingerprint density at radius 2 is 0.949 bits per heavy atom. The Bertz CT molecular complexity index is 3260. The van der Waals surface area contributed by atoms with Crippen LogP contribution in [-0.4, -0.2) is 19.5 Å². The summed E-state index contributed by atoms with van der Waals surface area (Å²) in [6.45, 7) is 9.65. The number of fused-ring (bicyclic) bond motifs is 6. The molecule has 0 radical (unpaired) electrons. The van der Waals surface area contributed by atoms with Gasteiger partial charge >= 0.3 is 0 Å². The molecule has 0 N–H and O–H groups in total. The van der Waals surface area contributed by atoms with Crippen molar-refractivity contribution in [3.8, 4) is 51.0 Å². The molecule has 0 spiro atoms. The van der Waals surface area contributed by atoms with Gasteiger partial charge in [-0.3, -0.25) is 0 Å². The summed E-state index contributed by atoms with van der Waals surface area (Å²) in [4.78, 5) is 15.5. The number of hydrogen-bond acceptors (Lipinski definition) is 3.